The first-order chi connectivity index (χ1) is 31.0. The van der Waals surface area contributed by atoms with Gasteiger partial charge in [0, 0.05) is 38.5 Å². The summed E-state index contributed by atoms with van der Waals surface area (Å²) >= 11 is 0. The van der Waals surface area contributed by atoms with Crippen molar-refractivity contribution >= 4 is 82.0 Å². The molecule has 2 aliphatic rings. The molecule has 63 heavy (non-hydrogen) atoms. The second-order valence-corrected chi connectivity index (χ2v) is 17.9. The number of hydrogen-bond acceptors (Lipinski definition) is 2. The molecule has 0 aliphatic heterocycles. The second-order valence-electron chi connectivity index (χ2n) is 17.9. The number of furan rings is 1. The zero-order chi connectivity index (χ0) is 41.8. The zero-order valence-corrected chi connectivity index (χ0v) is 35.3. The van der Waals surface area contributed by atoms with Gasteiger partial charge in [-0.1, -0.05) is 172 Å². The highest BCUT2D eigenvalue weighted by Gasteiger charge is 2.39. The molecule has 0 amide bonds. The van der Waals surface area contributed by atoms with Crippen LogP contribution in [0, 0.1) is 0 Å². The fraction of sp³-hybridized carbons (Fsp3) is 0.0820. The van der Waals surface area contributed by atoms with Crippen LogP contribution in [0.25, 0.3) is 92.9 Å². The fourth-order valence-corrected chi connectivity index (χ4v) is 11.3. The molecule has 2 heteroatoms. The van der Waals surface area contributed by atoms with Gasteiger partial charge in [-0.3, -0.25) is 0 Å². The molecule has 0 N–H and O–H groups in total. The van der Waals surface area contributed by atoms with Crippen LogP contribution in [-0.4, -0.2) is 0 Å². The first kappa shape index (κ1) is 36.0. The van der Waals surface area contributed by atoms with E-state index in [9.17, 15) is 0 Å². The van der Waals surface area contributed by atoms with Crippen LogP contribution in [0.1, 0.15) is 37.8 Å². The van der Waals surface area contributed by atoms with Gasteiger partial charge in [-0.2, -0.15) is 0 Å². The van der Waals surface area contributed by atoms with Gasteiger partial charge in [0.05, 0.1) is 5.69 Å². The number of hydrogen-bond donors (Lipinski definition) is 0. The summed E-state index contributed by atoms with van der Waals surface area (Å²) in [5.41, 5.74) is 16.0. The highest BCUT2D eigenvalue weighted by Crippen LogP contribution is 2.53. The van der Waals surface area contributed by atoms with E-state index in [1.165, 1.54) is 104 Å². The Morgan fingerprint density at radius 3 is 1.87 bits per heavy atom. The van der Waals surface area contributed by atoms with Crippen LogP contribution < -0.4 is 4.90 Å². The van der Waals surface area contributed by atoms with E-state index >= 15 is 0 Å². The van der Waals surface area contributed by atoms with Crippen LogP contribution in [0.2, 0.25) is 0 Å². The van der Waals surface area contributed by atoms with Gasteiger partial charge in [0.15, 0.2) is 0 Å². The van der Waals surface area contributed by atoms with Gasteiger partial charge < -0.3 is 9.32 Å². The van der Waals surface area contributed by atoms with Crippen LogP contribution in [0.3, 0.4) is 0 Å². The normalized spacial score (nSPS) is 14.5. The third kappa shape index (κ3) is 5.31. The molecular weight excluding hydrogens is 763 g/mol. The van der Waals surface area contributed by atoms with Gasteiger partial charge in [0.1, 0.15) is 11.2 Å². The van der Waals surface area contributed by atoms with E-state index in [2.05, 4.69) is 219 Å². The minimum Gasteiger partial charge on any atom is -0.456 e. The number of para-hydroxylation sites is 2. The summed E-state index contributed by atoms with van der Waals surface area (Å²) in [5.74, 6) is 0. The number of anilines is 2. The van der Waals surface area contributed by atoms with Gasteiger partial charge in [0.25, 0.3) is 0 Å². The Labute approximate surface area is 366 Å². The van der Waals surface area contributed by atoms with E-state index < -0.39 is 0 Å². The van der Waals surface area contributed by atoms with E-state index in [1.54, 1.807) is 0 Å². The molecule has 0 saturated carbocycles. The maximum absolute atomic E-state index is 6.45. The molecule has 0 radical (unpaired) electrons. The summed E-state index contributed by atoms with van der Waals surface area (Å²) in [7, 11) is 0. The van der Waals surface area contributed by atoms with E-state index in [4.69, 9.17) is 4.42 Å². The summed E-state index contributed by atoms with van der Waals surface area (Å²) < 4.78 is 6.45. The maximum atomic E-state index is 6.45. The van der Waals surface area contributed by atoms with Crippen molar-refractivity contribution in [2.75, 3.05) is 4.90 Å². The van der Waals surface area contributed by atoms with Crippen LogP contribution in [0.5, 0.6) is 0 Å². The quantitative estimate of drug-likeness (QED) is 0.161. The fourth-order valence-electron chi connectivity index (χ4n) is 11.3. The Morgan fingerprint density at radius 2 is 1.03 bits per heavy atom. The molecule has 11 aromatic rings. The Bertz CT molecular complexity index is 3730. The van der Waals surface area contributed by atoms with Gasteiger partial charge >= 0.3 is 0 Å². The summed E-state index contributed by atoms with van der Waals surface area (Å²) in [6, 6.07) is 71.5. The predicted molar refractivity (Wildman–Crippen MR) is 267 cm³/mol. The Kier molecular flexibility index (Phi) is 7.81. The maximum Gasteiger partial charge on any atom is 0.136 e. The van der Waals surface area contributed by atoms with Gasteiger partial charge in [-0.25, -0.2) is 0 Å². The molecular formula is C61H43NO. The predicted octanol–water partition coefficient (Wildman–Crippen LogP) is 17.1. The number of allylic oxidation sites excluding steroid dienone is 4. The minimum atomic E-state index is -0.0949. The molecule has 298 valence electrons. The first-order valence-electron chi connectivity index (χ1n) is 22.2. The van der Waals surface area contributed by atoms with E-state index in [0.717, 1.165) is 35.1 Å². The lowest BCUT2D eigenvalue weighted by Crippen LogP contribution is -2.22. The topological polar surface area (TPSA) is 16.4 Å². The standard InChI is InChI=1S/C61H43NO/c1-61(2)53-26-10-7-18-44(53)45-34-33-41(37-54(45)61)62(40-31-29-39(30-32-40)43-23-13-16-38-15-3-4-17-42(38)43)55-27-11-8-19-46(55)47-24-14-25-49-51-35-36-57-60(52-22-9-12-28-56(52)63-57)59(51)50-21-6-5-20-48(50)58(47)49/h3-32,35-37H,33-34H2,1-2H3. The minimum absolute atomic E-state index is 0.0949. The number of rotatable bonds is 5. The van der Waals surface area contributed by atoms with Crippen molar-refractivity contribution in [2.24, 2.45) is 0 Å². The van der Waals surface area contributed by atoms with Crippen LogP contribution in [0.4, 0.5) is 11.4 Å². The molecule has 0 bridgehead atoms. The van der Waals surface area contributed by atoms with Crippen molar-refractivity contribution in [1.82, 2.24) is 0 Å². The van der Waals surface area contributed by atoms with Crippen LogP contribution in [-0.2, 0) is 5.41 Å². The monoisotopic (exact) mass is 805 g/mol. The zero-order valence-electron chi connectivity index (χ0n) is 35.3. The van der Waals surface area contributed by atoms with E-state index in [0.29, 0.717) is 0 Å². The highest BCUT2D eigenvalue weighted by atomic mass is 16.3. The summed E-state index contributed by atoms with van der Waals surface area (Å²) in [6.07, 6.45) is 4.46. The molecule has 1 aromatic heterocycles. The molecule has 10 aromatic carbocycles. The van der Waals surface area contributed by atoms with Crippen molar-refractivity contribution in [3.8, 4) is 22.3 Å². The lowest BCUT2D eigenvalue weighted by Gasteiger charge is -2.34. The molecule has 0 spiro atoms. The molecule has 0 atom stereocenters. The van der Waals surface area contributed by atoms with Crippen molar-refractivity contribution in [1.29, 1.82) is 0 Å². The average Bonchev–Trinajstić information content (AvgIpc) is 3.83. The van der Waals surface area contributed by atoms with Gasteiger partial charge in [-0.05, 0) is 132 Å². The van der Waals surface area contributed by atoms with Crippen molar-refractivity contribution in [3.05, 3.63) is 223 Å². The SMILES string of the molecule is CC1(C)C2=C(CCC(N(c3ccc(-c4cccc5ccccc45)cc3)c3ccccc3-c3cccc4c5ccc6oc7ccccc7c6c5c5ccccc5c34)=C2)c2ccccc21. The third-order valence-corrected chi connectivity index (χ3v) is 14.2. The lowest BCUT2D eigenvalue weighted by molar-refractivity contribution is 0.648. The highest BCUT2D eigenvalue weighted by molar-refractivity contribution is 6.36. The third-order valence-electron chi connectivity index (χ3n) is 14.2. The molecule has 0 fully saturated rings. The molecule has 0 saturated heterocycles. The summed E-state index contributed by atoms with van der Waals surface area (Å²) in [5, 5.41) is 12.3. The first-order valence-corrected chi connectivity index (χ1v) is 22.2. The van der Waals surface area contributed by atoms with Crippen LogP contribution in [0.15, 0.2) is 216 Å². The number of benzene rings is 10. The summed E-state index contributed by atoms with van der Waals surface area (Å²) in [6.45, 7) is 4.80. The van der Waals surface area contributed by atoms with Gasteiger partial charge in [0.2, 0.25) is 0 Å². The molecule has 13 rings (SSSR count). The smallest absolute Gasteiger partial charge is 0.136 e. The summed E-state index contributed by atoms with van der Waals surface area (Å²) in [4.78, 5) is 2.56. The molecule has 0 unspecified atom stereocenters. The van der Waals surface area contributed by atoms with Gasteiger partial charge in [-0.15, -0.1) is 0 Å². The van der Waals surface area contributed by atoms with E-state index in [-0.39, 0.29) is 5.41 Å². The van der Waals surface area contributed by atoms with Crippen molar-refractivity contribution in [3.63, 3.8) is 0 Å². The average molecular weight is 806 g/mol. The van der Waals surface area contributed by atoms with Crippen molar-refractivity contribution < 1.29 is 4.42 Å². The Morgan fingerprint density at radius 1 is 0.429 bits per heavy atom. The van der Waals surface area contributed by atoms with Crippen molar-refractivity contribution in [2.45, 2.75) is 32.1 Å². The molecule has 1 heterocycles. The lowest BCUT2D eigenvalue weighted by atomic mass is 9.79. The second kappa shape index (κ2) is 13.7. The molecule has 2 nitrogen and oxygen atoms in total. The molecule has 2 aliphatic carbocycles. The van der Waals surface area contributed by atoms with E-state index in [1.807, 2.05) is 0 Å². The number of fused-ring (bicyclic) bond motifs is 13. The largest absolute Gasteiger partial charge is 0.456 e. The Balaban J connectivity index is 1.05. The van der Waals surface area contributed by atoms with Crippen LogP contribution >= 0.6 is 0 Å². The number of nitrogens with zero attached hydrogens (tertiary/aromatic N) is 1. The Hall–Kier alpha value is -7.68.